The highest BCUT2D eigenvalue weighted by molar-refractivity contribution is 5.82. The molecule has 0 saturated carbocycles. The summed E-state index contributed by atoms with van der Waals surface area (Å²) in [6.07, 6.45) is 10.2. The van der Waals surface area contributed by atoms with E-state index in [4.69, 9.17) is 6.42 Å². The van der Waals surface area contributed by atoms with Gasteiger partial charge in [0, 0.05) is 24.0 Å². The maximum absolute atomic E-state index is 5.41. The summed E-state index contributed by atoms with van der Waals surface area (Å²) in [5, 5.41) is 4.81. The van der Waals surface area contributed by atoms with Crippen LogP contribution in [0.2, 0.25) is 0 Å². The summed E-state index contributed by atoms with van der Waals surface area (Å²) in [7, 11) is 0. The largest absolute Gasteiger partial charge is 0.310 e. The monoisotopic (exact) mass is 252 g/mol. The summed E-state index contributed by atoms with van der Waals surface area (Å²) in [6.45, 7) is 3.18. The molecule has 98 valence electrons. The Bertz CT molecular complexity index is 563. The topological polar surface area (TPSA) is 24.9 Å². The lowest BCUT2D eigenvalue weighted by atomic mass is 9.98. The third kappa shape index (κ3) is 3.33. The average Bonchev–Trinajstić information content (AvgIpc) is 2.47. The third-order valence-electron chi connectivity index (χ3n) is 3.28. The van der Waals surface area contributed by atoms with E-state index in [1.165, 1.54) is 10.9 Å². The molecular formula is C17H20N2. The lowest BCUT2D eigenvalue weighted by Gasteiger charge is -2.19. The van der Waals surface area contributed by atoms with Gasteiger partial charge in [-0.2, -0.15) is 0 Å². The molecule has 1 aromatic heterocycles. The summed E-state index contributed by atoms with van der Waals surface area (Å²) < 4.78 is 0. The molecule has 0 bridgehead atoms. The molecule has 0 spiro atoms. The second kappa shape index (κ2) is 6.92. The maximum atomic E-state index is 5.41. The van der Waals surface area contributed by atoms with Crippen LogP contribution in [-0.2, 0) is 0 Å². The number of benzene rings is 1. The van der Waals surface area contributed by atoms with Crippen molar-refractivity contribution in [3.8, 4) is 12.3 Å². The molecule has 2 rings (SSSR count). The zero-order chi connectivity index (χ0) is 13.5. The number of nitrogens with one attached hydrogen (secondary N) is 1. The minimum Gasteiger partial charge on any atom is -0.310 e. The highest BCUT2D eigenvalue weighted by atomic mass is 14.9. The Morgan fingerprint density at radius 2 is 2.16 bits per heavy atom. The Balaban J connectivity index is 2.34. The molecule has 2 heteroatoms. The van der Waals surface area contributed by atoms with E-state index in [1.807, 2.05) is 12.3 Å². The van der Waals surface area contributed by atoms with Crippen molar-refractivity contribution in [3.63, 3.8) is 0 Å². The quantitative estimate of drug-likeness (QED) is 0.793. The molecule has 1 unspecified atom stereocenters. The van der Waals surface area contributed by atoms with Crippen molar-refractivity contribution in [2.45, 2.75) is 32.2 Å². The first kappa shape index (κ1) is 13.6. The van der Waals surface area contributed by atoms with Crippen LogP contribution in [0, 0.1) is 12.3 Å². The van der Waals surface area contributed by atoms with E-state index in [0.29, 0.717) is 6.04 Å². The molecule has 2 aromatic rings. The van der Waals surface area contributed by atoms with Gasteiger partial charge >= 0.3 is 0 Å². The van der Waals surface area contributed by atoms with Crippen molar-refractivity contribution in [3.05, 3.63) is 42.1 Å². The van der Waals surface area contributed by atoms with Gasteiger partial charge < -0.3 is 5.32 Å². The van der Waals surface area contributed by atoms with Gasteiger partial charge in [-0.15, -0.1) is 12.3 Å². The van der Waals surface area contributed by atoms with E-state index in [2.05, 4.69) is 47.4 Å². The molecule has 1 heterocycles. The van der Waals surface area contributed by atoms with Crippen molar-refractivity contribution < 1.29 is 0 Å². The van der Waals surface area contributed by atoms with Crippen LogP contribution in [-0.4, -0.2) is 11.5 Å². The molecular weight excluding hydrogens is 232 g/mol. The van der Waals surface area contributed by atoms with Crippen LogP contribution in [0.4, 0.5) is 0 Å². The predicted molar refractivity (Wildman–Crippen MR) is 80.8 cm³/mol. The highest BCUT2D eigenvalue weighted by Gasteiger charge is 2.13. The Morgan fingerprint density at radius 1 is 1.32 bits per heavy atom. The number of rotatable bonds is 6. The SMILES string of the molecule is C#CCCC(NCCC)c1ccnc2ccccc12. The number of pyridine rings is 1. The smallest absolute Gasteiger partial charge is 0.0705 e. The lowest BCUT2D eigenvalue weighted by Crippen LogP contribution is -2.22. The van der Waals surface area contributed by atoms with E-state index in [1.54, 1.807) is 0 Å². The van der Waals surface area contributed by atoms with Crippen LogP contribution in [0.3, 0.4) is 0 Å². The standard InChI is InChI=1S/C17H20N2/c1-3-5-9-16(18-12-4-2)15-11-13-19-17-10-7-6-8-14(15)17/h1,6-8,10-11,13,16,18H,4-5,9,12H2,2H3. The Labute approximate surface area is 115 Å². The van der Waals surface area contributed by atoms with Crippen LogP contribution in [0.25, 0.3) is 10.9 Å². The Hall–Kier alpha value is -1.85. The average molecular weight is 252 g/mol. The molecule has 0 amide bonds. The first-order valence-corrected chi connectivity index (χ1v) is 6.87. The van der Waals surface area contributed by atoms with Gasteiger partial charge in [-0.3, -0.25) is 4.98 Å². The van der Waals surface area contributed by atoms with Crippen molar-refractivity contribution in [2.75, 3.05) is 6.54 Å². The van der Waals surface area contributed by atoms with Crippen molar-refractivity contribution >= 4 is 10.9 Å². The highest BCUT2D eigenvalue weighted by Crippen LogP contribution is 2.25. The number of hydrogen-bond donors (Lipinski definition) is 1. The van der Waals surface area contributed by atoms with Crippen LogP contribution < -0.4 is 5.32 Å². The lowest BCUT2D eigenvalue weighted by molar-refractivity contribution is 0.508. The van der Waals surface area contributed by atoms with Crippen LogP contribution in [0.15, 0.2) is 36.5 Å². The molecule has 1 atom stereocenters. The number of terminal acetylenes is 1. The van der Waals surface area contributed by atoms with Gasteiger partial charge in [-0.1, -0.05) is 25.1 Å². The van der Waals surface area contributed by atoms with Gasteiger partial charge in [0.05, 0.1) is 5.52 Å². The molecule has 0 saturated heterocycles. The zero-order valence-corrected chi connectivity index (χ0v) is 11.4. The van der Waals surface area contributed by atoms with Crippen LogP contribution >= 0.6 is 0 Å². The number of aromatic nitrogens is 1. The van der Waals surface area contributed by atoms with Crippen molar-refractivity contribution in [1.82, 2.24) is 10.3 Å². The maximum Gasteiger partial charge on any atom is 0.0705 e. The summed E-state index contributed by atoms with van der Waals surface area (Å²) >= 11 is 0. The molecule has 1 N–H and O–H groups in total. The number of fused-ring (bicyclic) bond motifs is 1. The minimum atomic E-state index is 0.309. The van der Waals surface area contributed by atoms with E-state index in [0.717, 1.165) is 31.3 Å². The van der Waals surface area contributed by atoms with Gasteiger partial charge in [0.2, 0.25) is 0 Å². The fourth-order valence-corrected chi connectivity index (χ4v) is 2.34. The zero-order valence-electron chi connectivity index (χ0n) is 11.4. The molecule has 0 radical (unpaired) electrons. The van der Waals surface area contributed by atoms with Gasteiger partial charge in [0.15, 0.2) is 0 Å². The Kier molecular flexibility index (Phi) is 4.94. The second-order valence-electron chi connectivity index (χ2n) is 4.67. The van der Waals surface area contributed by atoms with E-state index in [-0.39, 0.29) is 0 Å². The number of nitrogens with zero attached hydrogens (tertiary/aromatic N) is 1. The molecule has 0 aliphatic rings. The normalized spacial score (nSPS) is 12.2. The summed E-state index contributed by atoms with van der Waals surface area (Å²) in [5.74, 6) is 2.74. The molecule has 2 nitrogen and oxygen atoms in total. The van der Waals surface area contributed by atoms with Gasteiger partial charge in [0.25, 0.3) is 0 Å². The second-order valence-corrected chi connectivity index (χ2v) is 4.67. The predicted octanol–water partition coefficient (Wildman–Crippen LogP) is 3.69. The summed E-state index contributed by atoms with van der Waals surface area (Å²) in [4.78, 5) is 4.42. The molecule has 19 heavy (non-hydrogen) atoms. The van der Waals surface area contributed by atoms with Crippen molar-refractivity contribution in [1.29, 1.82) is 0 Å². The molecule has 0 aliphatic heterocycles. The first-order valence-electron chi connectivity index (χ1n) is 6.87. The van der Waals surface area contributed by atoms with E-state index >= 15 is 0 Å². The first-order chi connectivity index (χ1) is 9.36. The number of para-hydroxylation sites is 1. The Morgan fingerprint density at radius 3 is 2.95 bits per heavy atom. The summed E-state index contributed by atoms with van der Waals surface area (Å²) in [6, 6.07) is 10.7. The fraction of sp³-hybridized carbons (Fsp3) is 0.353. The van der Waals surface area contributed by atoms with Gasteiger partial charge in [-0.25, -0.2) is 0 Å². The summed E-state index contributed by atoms with van der Waals surface area (Å²) in [5.41, 5.74) is 2.35. The van der Waals surface area contributed by atoms with Gasteiger partial charge in [-0.05, 0) is 37.1 Å². The molecule has 0 fully saturated rings. The third-order valence-corrected chi connectivity index (χ3v) is 3.28. The van der Waals surface area contributed by atoms with Gasteiger partial charge in [0.1, 0.15) is 0 Å². The van der Waals surface area contributed by atoms with E-state index in [9.17, 15) is 0 Å². The molecule has 0 aliphatic carbocycles. The van der Waals surface area contributed by atoms with Crippen LogP contribution in [0.5, 0.6) is 0 Å². The number of hydrogen-bond acceptors (Lipinski definition) is 2. The minimum absolute atomic E-state index is 0.309. The van der Waals surface area contributed by atoms with E-state index < -0.39 is 0 Å². The van der Waals surface area contributed by atoms with Crippen molar-refractivity contribution in [2.24, 2.45) is 0 Å². The fourth-order valence-electron chi connectivity index (χ4n) is 2.34. The molecule has 1 aromatic carbocycles. The van der Waals surface area contributed by atoms with Crippen LogP contribution in [0.1, 0.15) is 37.8 Å².